The fraction of sp³-hybridized carbons (Fsp3) is 0.227. The predicted molar refractivity (Wildman–Crippen MR) is 114 cm³/mol. The summed E-state index contributed by atoms with van der Waals surface area (Å²) in [5.41, 5.74) is 17.8. The summed E-state index contributed by atoms with van der Waals surface area (Å²) in [5, 5.41) is 4.44. The molecule has 1 aliphatic heterocycles. The smallest absolute Gasteiger partial charge is 0.166 e. The first kappa shape index (κ1) is 17.8. The molecule has 0 saturated carbocycles. The maximum absolute atomic E-state index is 6.16. The SMILES string of the molecule is Nc1nn2cc(-c3ccc(CN4CC[C@H](N)C4)cc3)cnc2c1-c1ccccn1. The third-order valence-corrected chi connectivity index (χ3v) is 5.42. The second kappa shape index (κ2) is 7.27. The van der Waals surface area contributed by atoms with Crippen molar-refractivity contribution < 1.29 is 0 Å². The molecule has 5 rings (SSSR count). The van der Waals surface area contributed by atoms with Crippen LogP contribution >= 0.6 is 0 Å². The van der Waals surface area contributed by atoms with Crippen LogP contribution in [0.15, 0.2) is 61.1 Å². The maximum atomic E-state index is 6.16. The van der Waals surface area contributed by atoms with Crippen molar-refractivity contribution >= 4 is 11.5 Å². The van der Waals surface area contributed by atoms with Crippen molar-refractivity contribution in [2.75, 3.05) is 18.8 Å². The van der Waals surface area contributed by atoms with E-state index in [1.807, 2.05) is 30.6 Å². The third-order valence-electron chi connectivity index (χ3n) is 5.42. The third kappa shape index (κ3) is 3.46. The monoisotopic (exact) mass is 385 g/mol. The van der Waals surface area contributed by atoms with Crippen molar-refractivity contribution in [1.29, 1.82) is 0 Å². The van der Waals surface area contributed by atoms with Gasteiger partial charge < -0.3 is 11.5 Å². The van der Waals surface area contributed by atoms with Crippen molar-refractivity contribution in [3.63, 3.8) is 0 Å². The number of benzene rings is 1. The zero-order valence-corrected chi connectivity index (χ0v) is 16.1. The van der Waals surface area contributed by atoms with E-state index in [2.05, 4.69) is 44.2 Å². The van der Waals surface area contributed by atoms with E-state index in [4.69, 9.17) is 11.5 Å². The van der Waals surface area contributed by atoms with E-state index in [0.717, 1.165) is 48.4 Å². The van der Waals surface area contributed by atoms with Crippen LogP contribution in [0.4, 0.5) is 5.82 Å². The van der Waals surface area contributed by atoms with E-state index in [0.29, 0.717) is 17.5 Å². The molecule has 0 spiro atoms. The topological polar surface area (TPSA) is 98.4 Å². The average Bonchev–Trinajstić information content (AvgIpc) is 3.30. The number of likely N-dealkylation sites (tertiary alicyclic amines) is 1. The zero-order valence-electron chi connectivity index (χ0n) is 16.1. The lowest BCUT2D eigenvalue weighted by atomic mass is 10.1. The normalized spacial score (nSPS) is 17.2. The summed E-state index contributed by atoms with van der Waals surface area (Å²) < 4.78 is 1.73. The summed E-state index contributed by atoms with van der Waals surface area (Å²) in [6.45, 7) is 2.99. The second-order valence-electron chi connectivity index (χ2n) is 7.57. The van der Waals surface area contributed by atoms with Gasteiger partial charge in [-0.1, -0.05) is 30.3 Å². The lowest BCUT2D eigenvalue weighted by Crippen LogP contribution is -2.26. The number of rotatable bonds is 4. The summed E-state index contributed by atoms with van der Waals surface area (Å²) in [7, 11) is 0. The molecule has 4 N–H and O–H groups in total. The Morgan fingerprint density at radius 1 is 1.03 bits per heavy atom. The van der Waals surface area contributed by atoms with E-state index in [-0.39, 0.29) is 0 Å². The minimum absolute atomic E-state index is 0.310. The average molecular weight is 385 g/mol. The van der Waals surface area contributed by atoms with E-state index < -0.39 is 0 Å². The number of nitrogens with two attached hydrogens (primary N) is 2. The second-order valence-corrected chi connectivity index (χ2v) is 7.57. The van der Waals surface area contributed by atoms with Gasteiger partial charge in [0.2, 0.25) is 0 Å². The van der Waals surface area contributed by atoms with Gasteiger partial charge in [0.05, 0.1) is 11.3 Å². The van der Waals surface area contributed by atoms with Gasteiger partial charge in [0.25, 0.3) is 0 Å². The highest BCUT2D eigenvalue weighted by Crippen LogP contribution is 2.29. The molecule has 0 aliphatic carbocycles. The Hall–Kier alpha value is -3.29. The minimum atomic E-state index is 0.310. The molecule has 0 bridgehead atoms. The van der Waals surface area contributed by atoms with Crippen molar-refractivity contribution in [1.82, 2.24) is 24.5 Å². The van der Waals surface area contributed by atoms with Crippen LogP contribution in [0.1, 0.15) is 12.0 Å². The summed E-state index contributed by atoms with van der Waals surface area (Å²) >= 11 is 0. The molecule has 0 amide bonds. The molecule has 0 unspecified atom stereocenters. The number of anilines is 1. The number of fused-ring (bicyclic) bond motifs is 1. The summed E-state index contributed by atoms with van der Waals surface area (Å²) in [6.07, 6.45) is 6.64. The molecule has 1 fully saturated rings. The summed E-state index contributed by atoms with van der Waals surface area (Å²) in [6, 6.07) is 14.6. The first-order valence-corrected chi connectivity index (χ1v) is 9.80. The van der Waals surface area contributed by atoms with Gasteiger partial charge in [-0.15, -0.1) is 5.10 Å². The Bertz CT molecular complexity index is 1140. The van der Waals surface area contributed by atoms with Gasteiger partial charge in [-0.05, 0) is 29.7 Å². The van der Waals surface area contributed by atoms with Crippen LogP contribution in [0.25, 0.3) is 28.0 Å². The van der Waals surface area contributed by atoms with Gasteiger partial charge in [-0.25, -0.2) is 9.50 Å². The van der Waals surface area contributed by atoms with Gasteiger partial charge >= 0.3 is 0 Å². The highest BCUT2D eigenvalue weighted by Gasteiger charge is 2.19. The largest absolute Gasteiger partial charge is 0.382 e. The fourth-order valence-corrected chi connectivity index (χ4v) is 3.92. The van der Waals surface area contributed by atoms with Crippen LogP contribution in [0.5, 0.6) is 0 Å². The number of pyridine rings is 1. The molecule has 1 aliphatic rings. The van der Waals surface area contributed by atoms with E-state index in [9.17, 15) is 0 Å². The number of hydrogen-bond donors (Lipinski definition) is 2. The van der Waals surface area contributed by atoms with Crippen LogP contribution in [-0.4, -0.2) is 43.6 Å². The van der Waals surface area contributed by atoms with E-state index >= 15 is 0 Å². The molecule has 7 nitrogen and oxygen atoms in total. The summed E-state index contributed by atoms with van der Waals surface area (Å²) in [4.78, 5) is 11.4. The minimum Gasteiger partial charge on any atom is -0.382 e. The van der Waals surface area contributed by atoms with E-state index in [1.165, 1.54) is 5.56 Å². The molecule has 0 radical (unpaired) electrons. The van der Waals surface area contributed by atoms with Gasteiger partial charge in [0, 0.05) is 49.8 Å². The number of nitrogens with zero attached hydrogens (tertiary/aromatic N) is 5. The van der Waals surface area contributed by atoms with Crippen molar-refractivity contribution in [2.45, 2.75) is 19.0 Å². The first-order chi connectivity index (χ1) is 14.2. The molecule has 4 heterocycles. The lowest BCUT2D eigenvalue weighted by molar-refractivity contribution is 0.327. The molecular weight excluding hydrogens is 362 g/mol. The molecule has 1 saturated heterocycles. The molecule has 7 heteroatoms. The highest BCUT2D eigenvalue weighted by molar-refractivity contribution is 5.84. The standard InChI is InChI=1S/C22H23N7/c23-18-8-10-28(14-18)12-15-4-6-16(7-5-15)17-11-26-22-20(19-3-1-2-9-25-19)21(24)27-29(22)13-17/h1-7,9,11,13,18H,8,10,12,14,23H2,(H2,24,27)/t18-/m0/s1. The maximum Gasteiger partial charge on any atom is 0.166 e. The van der Waals surface area contributed by atoms with Crippen LogP contribution in [-0.2, 0) is 6.54 Å². The Balaban J connectivity index is 1.42. The molecule has 3 aromatic heterocycles. The summed E-state index contributed by atoms with van der Waals surface area (Å²) in [5.74, 6) is 0.424. The predicted octanol–water partition coefficient (Wildman–Crippen LogP) is 2.57. The quantitative estimate of drug-likeness (QED) is 0.560. The van der Waals surface area contributed by atoms with Crippen LogP contribution in [0, 0.1) is 0 Å². The zero-order chi connectivity index (χ0) is 19.8. The van der Waals surface area contributed by atoms with E-state index in [1.54, 1.807) is 10.7 Å². The molecule has 1 atom stereocenters. The van der Waals surface area contributed by atoms with Gasteiger partial charge in [0.1, 0.15) is 0 Å². The number of nitrogen functional groups attached to an aromatic ring is 1. The van der Waals surface area contributed by atoms with Gasteiger partial charge in [0.15, 0.2) is 11.5 Å². The van der Waals surface area contributed by atoms with Crippen LogP contribution in [0.2, 0.25) is 0 Å². The molecule has 4 aromatic rings. The lowest BCUT2D eigenvalue weighted by Gasteiger charge is -2.15. The molecule has 146 valence electrons. The van der Waals surface area contributed by atoms with Crippen molar-refractivity contribution in [2.24, 2.45) is 5.73 Å². The number of aromatic nitrogens is 4. The van der Waals surface area contributed by atoms with Gasteiger partial charge in [-0.2, -0.15) is 0 Å². The molecule has 1 aromatic carbocycles. The Morgan fingerprint density at radius 2 is 1.90 bits per heavy atom. The van der Waals surface area contributed by atoms with Gasteiger partial charge in [-0.3, -0.25) is 9.88 Å². The highest BCUT2D eigenvalue weighted by atomic mass is 15.3. The first-order valence-electron chi connectivity index (χ1n) is 9.80. The Kier molecular flexibility index (Phi) is 4.46. The number of hydrogen-bond acceptors (Lipinski definition) is 6. The molecular formula is C22H23N7. The fourth-order valence-electron chi connectivity index (χ4n) is 3.92. The van der Waals surface area contributed by atoms with Crippen molar-refractivity contribution in [3.8, 4) is 22.4 Å². The molecule has 29 heavy (non-hydrogen) atoms. The van der Waals surface area contributed by atoms with Crippen LogP contribution in [0.3, 0.4) is 0 Å². The van der Waals surface area contributed by atoms with Crippen LogP contribution < -0.4 is 11.5 Å². The van der Waals surface area contributed by atoms with Crippen molar-refractivity contribution in [3.05, 3.63) is 66.6 Å². The Morgan fingerprint density at radius 3 is 2.62 bits per heavy atom. The Labute approximate surface area is 169 Å².